The van der Waals surface area contributed by atoms with E-state index in [1.54, 1.807) is 17.1 Å². The minimum Gasteiger partial charge on any atom is -0.467 e. The van der Waals surface area contributed by atoms with Gasteiger partial charge in [-0.1, -0.05) is 48.2 Å². The molecule has 148 valence electrons. The smallest absolute Gasteiger partial charge is 0.331 e. The Morgan fingerprint density at radius 2 is 2.04 bits per heavy atom. The van der Waals surface area contributed by atoms with Gasteiger partial charge in [-0.05, 0) is 24.5 Å². The highest BCUT2D eigenvalue weighted by molar-refractivity contribution is 5.91. The molecule has 1 aromatic rings. The number of hydrogen-bond donors (Lipinski definition) is 0. The highest BCUT2D eigenvalue weighted by Crippen LogP contribution is 2.19. The molecular formula is C22H25NO5. The molecule has 1 saturated heterocycles. The van der Waals surface area contributed by atoms with Crippen molar-refractivity contribution in [2.45, 2.75) is 31.7 Å². The largest absolute Gasteiger partial charge is 0.467 e. The zero-order valence-electron chi connectivity index (χ0n) is 16.1. The summed E-state index contributed by atoms with van der Waals surface area (Å²) in [4.78, 5) is 37.0. The van der Waals surface area contributed by atoms with Gasteiger partial charge < -0.3 is 14.4 Å². The number of ether oxygens (including phenoxy) is 2. The minimum absolute atomic E-state index is 0.00599. The summed E-state index contributed by atoms with van der Waals surface area (Å²) < 4.78 is 9.52. The van der Waals surface area contributed by atoms with E-state index in [1.807, 2.05) is 30.3 Å². The average Bonchev–Trinajstić information content (AvgIpc) is 2.70. The monoisotopic (exact) mass is 383 g/mol. The molecule has 0 radical (unpaired) electrons. The number of allylic oxidation sites excluding steroid dienone is 1. The predicted octanol–water partition coefficient (Wildman–Crippen LogP) is 1.93. The van der Waals surface area contributed by atoms with Crippen molar-refractivity contribution in [1.29, 1.82) is 0 Å². The molecule has 0 spiro atoms. The van der Waals surface area contributed by atoms with Gasteiger partial charge in [-0.25, -0.2) is 4.79 Å². The van der Waals surface area contributed by atoms with Crippen LogP contribution >= 0.6 is 0 Å². The maximum atomic E-state index is 12.2. The van der Waals surface area contributed by atoms with Crippen molar-refractivity contribution in [2.75, 3.05) is 26.9 Å². The lowest BCUT2D eigenvalue weighted by Crippen LogP contribution is -2.42. The van der Waals surface area contributed by atoms with E-state index in [2.05, 4.69) is 16.6 Å². The van der Waals surface area contributed by atoms with E-state index in [0.717, 1.165) is 18.4 Å². The Morgan fingerprint density at radius 1 is 1.25 bits per heavy atom. The van der Waals surface area contributed by atoms with Crippen LogP contribution in [0.25, 0.3) is 0 Å². The summed E-state index contributed by atoms with van der Waals surface area (Å²) in [6, 6.07) is 9.42. The van der Waals surface area contributed by atoms with Crippen molar-refractivity contribution in [2.24, 2.45) is 0 Å². The van der Waals surface area contributed by atoms with Crippen molar-refractivity contribution in [1.82, 2.24) is 4.90 Å². The van der Waals surface area contributed by atoms with E-state index >= 15 is 0 Å². The molecule has 6 heteroatoms. The van der Waals surface area contributed by atoms with Crippen LogP contribution in [0.15, 0.2) is 42.5 Å². The Labute approximate surface area is 165 Å². The van der Waals surface area contributed by atoms with Crippen molar-refractivity contribution in [3.05, 3.63) is 48.0 Å². The molecule has 0 bridgehead atoms. The van der Waals surface area contributed by atoms with Crippen LogP contribution in [0.1, 0.15) is 24.8 Å². The Balaban J connectivity index is 1.86. The summed E-state index contributed by atoms with van der Waals surface area (Å²) in [5.74, 6) is 5.25. The van der Waals surface area contributed by atoms with E-state index in [4.69, 9.17) is 4.74 Å². The summed E-state index contributed by atoms with van der Waals surface area (Å²) in [7, 11) is 1.29. The van der Waals surface area contributed by atoms with Crippen molar-refractivity contribution in [3.8, 4) is 11.8 Å². The lowest BCUT2D eigenvalue weighted by molar-refractivity contribution is -0.145. The number of piperidine rings is 1. The topological polar surface area (TPSA) is 72.9 Å². The number of nitrogens with zero attached hydrogens (tertiary/aromatic N) is 1. The molecule has 0 unspecified atom stereocenters. The lowest BCUT2D eigenvalue weighted by atomic mass is 10.00. The second kappa shape index (κ2) is 11.7. The fraction of sp³-hybridized carbons (Fsp3) is 0.409. The number of benzene rings is 1. The minimum atomic E-state index is -0.460. The molecule has 28 heavy (non-hydrogen) atoms. The predicted molar refractivity (Wildman–Crippen MR) is 104 cm³/mol. The van der Waals surface area contributed by atoms with Crippen molar-refractivity contribution >= 4 is 17.7 Å². The summed E-state index contributed by atoms with van der Waals surface area (Å²) in [6.07, 6.45) is 5.81. The molecule has 0 aromatic heterocycles. The standard InChI is InChI=1S/C22H25NO5/c1-27-22(26)17-28-15-6-5-14-23-19(10-7-11-21(23)25)12-13-20(24)16-18-8-3-2-4-9-18/h2-4,8-9,12-13,19H,7,10-11,14-17H2,1H3/b13-12+/t19-/m1/s1. The number of likely N-dealkylation sites (tertiary alicyclic amines) is 1. The maximum Gasteiger partial charge on any atom is 0.331 e. The molecule has 1 aromatic carbocycles. The molecule has 2 rings (SSSR count). The van der Waals surface area contributed by atoms with Crippen LogP contribution in [0.4, 0.5) is 0 Å². The summed E-state index contributed by atoms with van der Waals surface area (Å²) >= 11 is 0. The van der Waals surface area contributed by atoms with Gasteiger partial charge in [0.1, 0.15) is 13.2 Å². The first-order valence-corrected chi connectivity index (χ1v) is 9.25. The first kappa shape index (κ1) is 21.4. The number of esters is 1. The Hall–Kier alpha value is -2.91. The molecule has 1 aliphatic heterocycles. The highest BCUT2D eigenvalue weighted by Gasteiger charge is 2.25. The Kier molecular flexibility index (Phi) is 8.96. The second-order valence-electron chi connectivity index (χ2n) is 6.39. The van der Waals surface area contributed by atoms with Crippen LogP contribution in [-0.2, 0) is 30.3 Å². The van der Waals surface area contributed by atoms with Crippen LogP contribution in [-0.4, -0.2) is 55.5 Å². The number of hydrogen-bond acceptors (Lipinski definition) is 5. The molecule has 6 nitrogen and oxygen atoms in total. The van der Waals surface area contributed by atoms with Crippen molar-refractivity contribution in [3.63, 3.8) is 0 Å². The van der Waals surface area contributed by atoms with Crippen molar-refractivity contribution < 1.29 is 23.9 Å². The van der Waals surface area contributed by atoms with Crippen LogP contribution in [0.2, 0.25) is 0 Å². The normalized spacial score (nSPS) is 16.5. The zero-order valence-corrected chi connectivity index (χ0v) is 16.1. The Morgan fingerprint density at radius 3 is 2.79 bits per heavy atom. The van der Waals surface area contributed by atoms with Crippen LogP contribution in [0.5, 0.6) is 0 Å². The van der Waals surface area contributed by atoms with E-state index in [1.165, 1.54) is 7.11 Å². The molecule has 0 aliphatic carbocycles. The SMILES string of the molecule is COC(=O)COCC#CCN1C(=O)CCC[C@@H]1/C=C/C(=O)Cc1ccccc1. The Bertz CT molecular complexity index is 760. The lowest BCUT2D eigenvalue weighted by Gasteiger charge is -2.32. The maximum absolute atomic E-state index is 12.2. The van der Waals surface area contributed by atoms with Crippen LogP contribution in [0, 0.1) is 11.8 Å². The number of methoxy groups -OCH3 is 1. The number of carbonyl (C=O) groups is 3. The molecule has 0 N–H and O–H groups in total. The molecule has 1 atom stereocenters. The van der Waals surface area contributed by atoms with Gasteiger partial charge in [-0.3, -0.25) is 9.59 Å². The van der Waals surface area contributed by atoms with E-state index in [-0.39, 0.29) is 37.5 Å². The van der Waals surface area contributed by atoms with Gasteiger partial charge in [-0.2, -0.15) is 0 Å². The quantitative estimate of drug-likeness (QED) is 0.297. The van der Waals surface area contributed by atoms with E-state index < -0.39 is 5.97 Å². The molecule has 1 fully saturated rings. The van der Waals surface area contributed by atoms with Crippen LogP contribution < -0.4 is 0 Å². The molecule has 0 saturated carbocycles. The zero-order chi connectivity index (χ0) is 20.2. The number of rotatable bonds is 8. The number of carbonyl (C=O) groups excluding carboxylic acids is 3. The first-order chi connectivity index (χ1) is 13.6. The molecule has 1 heterocycles. The summed E-state index contributed by atoms with van der Waals surface area (Å²) in [5, 5.41) is 0. The first-order valence-electron chi connectivity index (χ1n) is 9.25. The van der Waals surface area contributed by atoms with Gasteiger partial charge in [0.2, 0.25) is 5.91 Å². The third-order valence-corrected chi connectivity index (χ3v) is 4.33. The summed E-state index contributed by atoms with van der Waals surface area (Å²) in [5.41, 5.74) is 0.964. The van der Waals surface area contributed by atoms with Gasteiger partial charge in [0.25, 0.3) is 0 Å². The second-order valence-corrected chi connectivity index (χ2v) is 6.39. The summed E-state index contributed by atoms with van der Waals surface area (Å²) in [6.45, 7) is 0.207. The number of ketones is 1. The fourth-order valence-corrected chi connectivity index (χ4v) is 2.86. The van der Waals surface area contributed by atoms with Gasteiger partial charge in [0.05, 0.1) is 19.7 Å². The highest BCUT2D eigenvalue weighted by atomic mass is 16.6. The molecule has 1 aliphatic rings. The van der Waals surface area contributed by atoms with Crippen LogP contribution in [0.3, 0.4) is 0 Å². The van der Waals surface area contributed by atoms with Gasteiger partial charge >= 0.3 is 5.97 Å². The fourth-order valence-electron chi connectivity index (χ4n) is 2.86. The van der Waals surface area contributed by atoms with Gasteiger partial charge in [0.15, 0.2) is 5.78 Å². The van der Waals surface area contributed by atoms with Gasteiger partial charge in [-0.15, -0.1) is 0 Å². The number of amides is 1. The van der Waals surface area contributed by atoms with E-state index in [9.17, 15) is 14.4 Å². The third kappa shape index (κ3) is 7.37. The average molecular weight is 383 g/mol. The third-order valence-electron chi connectivity index (χ3n) is 4.33. The molecular weight excluding hydrogens is 358 g/mol. The molecule has 1 amide bonds. The van der Waals surface area contributed by atoms with E-state index in [0.29, 0.717) is 12.8 Å². The van der Waals surface area contributed by atoms with Gasteiger partial charge in [0, 0.05) is 12.8 Å².